The summed E-state index contributed by atoms with van der Waals surface area (Å²) >= 11 is 0. The predicted octanol–water partition coefficient (Wildman–Crippen LogP) is 1.76. The van der Waals surface area contributed by atoms with Gasteiger partial charge in [-0.25, -0.2) is 9.50 Å². The molecule has 0 aliphatic heterocycles. The third-order valence-corrected chi connectivity index (χ3v) is 2.94. The Bertz CT molecular complexity index is 734. The Morgan fingerprint density at radius 3 is 2.74 bits per heavy atom. The van der Waals surface area contributed by atoms with Gasteiger partial charge in [-0.15, -0.1) is 0 Å². The van der Waals surface area contributed by atoms with Crippen LogP contribution in [-0.4, -0.2) is 27.6 Å². The topological polar surface area (TPSA) is 59.3 Å². The van der Waals surface area contributed by atoms with Crippen molar-refractivity contribution in [3.63, 3.8) is 0 Å². The van der Waals surface area contributed by atoms with Crippen LogP contribution in [0, 0.1) is 0 Å². The van der Waals surface area contributed by atoms with E-state index in [4.69, 9.17) is 0 Å². The van der Waals surface area contributed by atoms with E-state index in [1.165, 1.54) is 6.20 Å². The van der Waals surface area contributed by atoms with Crippen LogP contribution in [0.1, 0.15) is 10.4 Å². The molecule has 0 aliphatic rings. The smallest absolute Gasteiger partial charge is 0.256 e. The van der Waals surface area contributed by atoms with Crippen LogP contribution in [0.4, 0.5) is 0 Å². The lowest BCUT2D eigenvalue weighted by molar-refractivity contribution is 0.0964. The van der Waals surface area contributed by atoms with Crippen LogP contribution >= 0.6 is 0 Å². The molecule has 0 saturated carbocycles. The van der Waals surface area contributed by atoms with Crippen LogP contribution in [0.25, 0.3) is 16.9 Å². The zero-order valence-electron chi connectivity index (χ0n) is 10.4. The van der Waals surface area contributed by atoms with E-state index in [1.807, 2.05) is 36.4 Å². The second-order valence-corrected chi connectivity index (χ2v) is 4.07. The summed E-state index contributed by atoms with van der Waals surface area (Å²) in [6.07, 6.45) is 3.22. The Hall–Kier alpha value is -2.69. The molecule has 5 nitrogen and oxygen atoms in total. The number of nitrogens with zero attached hydrogens (tertiary/aromatic N) is 3. The number of amides is 1. The highest BCUT2D eigenvalue weighted by Crippen LogP contribution is 2.20. The number of hydrogen-bond acceptors (Lipinski definition) is 3. The number of fused-ring (bicyclic) bond motifs is 1. The summed E-state index contributed by atoms with van der Waals surface area (Å²) < 4.78 is 1.68. The van der Waals surface area contributed by atoms with Crippen molar-refractivity contribution in [1.29, 1.82) is 0 Å². The first kappa shape index (κ1) is 11.4. The van der Waals surface area contributed by atoms with Gasteiger partial charge >= 0.3 is 0 Å². The number of nitrogens with one attached hydrogen (secondary N) is 1. The van der Waals surface area contributed by atoms with Crippen molar-refractivity contribution >= 4 is 11.6 Å². The lowest BCUT2D eigenvalue weighted by Crippen LogP contribution is -2.17. The summed E-state index contributed by atoms with van der Waals surface area (Å²) in [4.78, 5) is 16.0. The number of hydrogen-bond donors (Lipinski definition) is 1. The third kappa shape index (κ3) is 1.85. The Labute approximate surface area is 109 Å². The molecule has 0 fully saturated rings. The fraction of sp³-hybridized carbons (Fsp3) is 0.0714. The Morgan fingerprint density at radius 2 is 2.00 bits per heavy atom. The lowest BCUT2D eigenvalue weighted by Gasteiger charge is -2.04. The van der Waals surface area contributed by atoms with Crippen molar-refractivity contribution < 1.29 is 4.79 Å². The fourth-order valence-corrected chi connectivity index (χ4v) is 2.01. The van der Waals surface area contributed by atoms with Crippen LogP contribution in [0.5, 0.6) is 0 Å². The van der Waals surface area contributed by atoms with Crippen LogP contribution in [0.15, 0.2) is 48.8 Å². The van der Waals surface area contributed by atoms with Crippen LogP contribution < -0.4 is 5.32 Å². The maximum Gasteiger partial charge on any atom is 0.256 e. The first-order chi connectivity index (χ1) is 9.31. The van der Waals surface area contributed by atoms with Crippen molar-refractivity contribution in [3.8, 4) is 11.3 Å². The molecule has 2 heterocycles. The molecule has 1 N–H and O–H groups in total. The van der Waals surface area contributed by atoms with Crippen molar-refractivity contribution in [2.45, 2.75) is 0 Å². The molecule has 0 aliphatic carbocycles. The van der Waals surface area contributed by atoms with Gasteiger partial charge in [-0.3, -0.25) is 4.79 Å². The zero-order valence-corrected chi connectivity index (χ0v) is 10.4. The molecule has 0 saturated heterocycles. The van der Waals surface area contributed by atoms with Crippen molar-refractivity contribution in [2.24, 2.45) is 0 Å². The third-order valence-electron chi connectivity index (χ3n) is 2.94. The van der Waals surface area contributed by atoms with Gasteiger partial charge in [-0.05, 0) is 6.07 Å². The minimum Gasteiger partial charge on any atom is -0.355 e. The van der Waals surface area contributed by atoms with E-state index in [1.54, 1.807) is 17.8 Å². The minimum atomic E-state index is -0.187. The quantitative estimate of drug-likeness (QED) is 0.756. The number of carbonyl (C=O) groups excluding carboxylic acids is 1. The molecule has 1 aromatic carbocycles. The average Bonchev–Trinajstić information content (AvgIpc) is 2.91. The Kier molecular flexibility index (Phi) is 2.72. The summed E-state index contributed by atoms with van der Waals surface area (Å²) in [5, 5.41) is 6.84. The molecule has 19 heavy (non-hydrogen) atoms. The minimum absolute atomic E-state index is 0.187. The largest absolute Gasteiger partial charge is 0.355 e. The Balaban J connectivity index is 2.23. The number of carbonyl (C=O) groups is 1. The second kappa shape index (κ2) is 4.53. The normalized spacial score (nSPS) is 10.6. The second-order valence-electron chi connectivity index (χ2n) is 4.07. The molecule has 3 rings (SSSR count). The predicted molar refractivity (Wildman–Crippen MR) is 71.8 cm³/mol. The summed E-state index contributed by atoms with van der Waals surface area (Å²) in [6, 6.07) is 11.8. The molecule has 0 unspecified atom stereocenters. The summed E-state index contributed by atoms with van der Waals surface area (Å²) in [6.45, 7) is 0. The highest BCUT2D eigenvalue weighted by atomic mass is 16.1. The fourth-order valence-electron chi connectivity index (χ4n) is 2.01. The Morgan fingerprint density at radius 1 is 1.21 bits per heavy atom. The highest BCUT2D eigenvalue weighted by Gasteiger charge is 2.14. The van der Waals surface area contributed by atoms with Gasteiger partial charge in [0.1, 0.15) is 5.56 Å². The van der Waals surface area contributed by atoms with Crippen LogP contribution in [0.3, 0.4) is 0 Å². The standard InChI is InChI=1S/C14H12N4O/c1-15-14(19)11-9-17-18-12(7-8-16-13(11)18)10-5-3-2-4-6-10/h2-9H,1H3,(H,15,19). The van der Waals surface area contributed by atoms with E-state index in [0.717, 1.165) is 11.3 Å². The van der Waals surface area contributed by atoms with E-state index in [0.29, 0.717) is 11.2 Å². The number of aromatic nitrogens is 3. The monoisotopic (exact) mass is 252 g/mol. The number of benzene rings is 1. The molecule has 3 aromatic rings. The lowest BCUT2D eigenvalue weighted by atomic mass is 10.1. The molecule has 2 aromatic heterocycles. The molecule has 0 atom stereocenters. The molecule has 0 spiro atoms. The average molecular weight is 252 g/mol. The highest BCUT2D eigenvalue weighted by molar-refractivity contribution is 5.99. The van der Waals surface area contributed by atoms with Crippen molar-refractivity contribution in [3.05, 3.63) is 54.4 Å². The summed E-state index contributed by atoms with van der Waals surface area (Å²) in [7, 11) is 1.59. The molecular formula is C14H12N4O. The van der Waals surface area contributed by atoms with Gasteiger partial charge in [-0.2, -0.15) is 5.10 Å². The molecule has 94 valence electrons. The maximum absolute atomic E-state index is 11.7. The van der Waals surface area contributed by atoms with E-state index >= 15 is 0 Å². The number of rotatable bonds is 2. The van der Waals surface area contributed by atoms with E-state index < -0.39 is 0 Å². The van der Waals surface area contributed by atoms with Gasteiger partial charge in [-0.1, -0.05) is 30.3 Å². The molecule has 0 radical (unpaired) electrons. The van der Waals surface area contributed by atoms with E-state index in [-0.39, 0.29) is 5.91 Å². The van der Waals surface area contributed by atoms with Crippen LogP contribution in [-0.2, 0) is 0 Å². The maximum atomic E-state index is 11.7. The molecule has 0 bridgehead atoms. The van der Waals surface area contributed by atoms with E-state index in [2.05, 4.69) is 15.4 Å². The van der Waals surface area contributed by atoms with Gasteiger partial charge in [0.15, 0.2) is 5.65 Å². The van der Waals surface area contributed by atoms with Gasteiger partial charge in [0, 0.05) is 18.8 Å². The van der Waals surface area contributed by atoms with Gasteiger partial charge in [0.05, 0.1) is 11.9 Å². The SMILES string of the molecule is CNC(=O)c1cnn2c(-c3ccccc3)ccnc12. The molecular weight excluding hydrogens is 240 g/mol. The summed E-state index contributed by atoms with van der Waals surface area (Å²) in [5.74, 6) is -0.187. The zero-order chi connectivity index (χ0) is 13.2. The first-order valence-corrected chi connectivity index (χ1v) is 5.91. The van der Waals surface area contributed by atoms with Crippen molar-refractivity contribution in [1.82, 2.24) is 19.9 Å². The van der Waals surface area contributed by atoms with Crippen molar-refractivity contribution in [2.75, 3.05) is 7.05 Å². The summed E-state index contributed by atoms with van der Waals surface area (Å²) in [5.41, 5.74) is 2.96. The van der Waals surface area contributed by atoms with Crippen LogP contribution in [0.2, 0.25) is 0 Å². The van der Waals surface area contributed by atoms with Gasteiger partial charge in [0.2, 0.25) is 0 Å². The van der Waals surface area contributed by atoms with Gasteiger partial charge < -0.3 is 5.32 Å². The molecule has 5 heteroatoms. The molecule has 1 amide bonds. The van der Waals surface area contributed by atoms with Gasteiger partial charge in [0.25, 0.3) is 5.91 Å². The van der Waals surface area contributed by atoms with E-state index in [9.17, 15) is 4.79 Å². The first-order valence-electron chi connectivity index (χ1n) is 5.91.